The first kappa shape index (κ1) is 16.6. The minimum absolute atomic E-state index is 0.177. The van der Waals surface area contributed by atoms with E-state index in [0.29, 0.717) is 16.7 Å². The third-order valence-corrected chi connectivity index (χ3v) is 3.97. The molecule has 0 aliphatic carbocycles. The fourth-order valence-electron chi connectivity index (χ4n) is 2.69. The van der Waals surface area contributed by atoms with Gasteiger partial charge < -0.3 is 9.72 Å². The van der Waals surface area contributed by atoms with E-state index < -0.39 is 5.97 Å². The van der Waals surface area contributed by atoms with E-state index in [1.54, 1.807) is 30.5 Å². The first-order valence-electron chi connectivity index (χ1n) is 8.09. The second-order valence-corrected chi connectivity index (χ2v) is 5.77. The molecule has 0 spiro atoms. The summed E-state index contributed by atoms with van der Waals surface area (Å²) in [5.41, 5.74) is 1.39. The quantitative estimate of drug-likeness (QED) is 0.548. The number of aromatic nitrogens is 6. The molecule has 3 aromatic heterocycles. The van der Waals surface area contributed by atoms with Gasteiger partial charge in [0.15, 0.2) is 5.82 Å². The molecule has 0 saturated heterocycles. The summed E-state index contributed by atoms with van der Waals surface area (Å²) in [5.74, 6) is -0.0433. The molecule has 1 aromatic carbocycles. The highest BCUT2D eigenvalue weighted by molar-refractivity contribution is 5.92. The number of fused-ring (bicyclic) bond motifs is 1. The molecule has 0 aliphatic heterocycles. The number of aryl methyl sites for hydroxylation is 1. The monoisotopic (exact) mass is 362 g/mol. The van der Waals surface area contributed by atoms with Crippen molar-refractivity contribution in [1.82, 2.24) is 29.7 Å². The third-order valence-electron chi connectivity index (χ3n) is 3.97. The number of hydrogen-bond acceptors (Lipinski definition) is 7. The number of pyridine rings is 1. The van der Waals surface area contributed by atoms with Crippen molar-refractivity contribution in [2.24, 2.45) is 0 Å². The molecule has 0 aliphatic rings. The maximum atomic E-state index is 12.5. The van der Waals surface area contributed by atoms with Crippen LogP contribution in [-0.2, 0) is 11.3 Å². The van der Waals surface area contributed by atoms with Crippen molar-refractivity contribution >= 4 is 16.9 Å². The van der Waals surface area contributed by atoms with Gasteiger partial charge in [0.25, 0.3) is 5.56 Å². The van der Waals surface area contributed by atoms with Crippen LogP contribution in [0, 0.1) is 6.92 Å². The molecule has 4 aromatic rings. The molecule has 0 amide bonds. The number of H-pyrrole nitrogens is 1. The van der Waals surface area contributed by atoms with E-state index in [4.69, 9.17) is 4.74 Å². The molecule has 3 heterocycles. The van der Waals surface area contributed by atoms with Gasteiger partial charge in [-0.05, 0) is 30.7 Å². The van der Waals surface area contributed by atoms with Crippen molar-refractivity contribution in [1.29, 1.82) is 0 Å². The number of aromatic amines is 1. The SMILES string of the molecule is Cc1cccc2c(=O)[nH]c(COC(=O)c3cccnc3-n3cncn3)nc12. The molecule has 0 unspecified atom stereocenters. The highest BCUT2D eigenvalue weighted by Gasteiger charge is 2.16. The van der Waals surface area contributed by atoms with Crippen molar-refractivity contribution < 1.29 is 9.53 Å². The molecule has 0 fully saturated rings. The Labute approximate surface area is 152 Å². The second kappa shape index (κ2) is 6.79. The Balaban J connectivity index is 1.60. The van der Waals surface area contributed by atoms with Crippen molar-refractivity contribution in [3.8, 4) is 5.82 Å². The van der Waals surface area contributed by atoms with E-state index in [-0.39, 0.29) is 23.6 Å². The largest absolute Gasteiger partial charge is 0.454 e. The van der Waals surface area contributed by atoms with Crippen LogP contribution in [0.25, 0.3) is 16.7 Å². The normalized spacial score (nSPS) is 10.9. The Kier molecular flexibility index (Phi) is 4.17. The molecule has 0 atom stereocenters. The lowest BCUT2D eigenvalue weighted by molar-refractivity contribution is 0.0461. The van der Waals surface area contributed by atoms with Gasteiger partial charge in [-0.15, -0.1) is 0 Å². The summed E-state index contributed by atoms with van der Waals surface area (Å²) in [7, 11) is 0. The Morgan fingerprint density at radius 1 is 1.26 bits per heavy atom. The van der Waals surface area contributed by atoms with Crippen LogP contribution < -0.4 is 5.56 Å². The number of rotatable bonds is 4. The summed E-state index contributed by atoms with van der Waals surface area (Å²) in [6.45, 7) is 1.69. The lowest BCUT2D eigenvalue weighted by atomic mass is 10.1. The van der Waals surface area contributed by atoms with Gasteiger partial charge in [0.05, 0.1) is 10.9 Å². The van der Waals surface area contributed by atoms with Crippen molar-refractivity contribution in [2.45, 2.75) is 13.5 Å². The number of esters is 1. The van der Waals surface area contributed by atoms with Crippen molar-refractivity contribution in [3.05, 3.63) is 76.5 Å². The first-order chi connectivity index (χ1) is 13.1. The van der Waals surface area contributed by atoms with Crippen LogP contribution in [0.4, 0.5) is 0 Å². The Morgan fingerprint density at radius 3 is 2.96 bits per heavy atom. The van der Waals surface area contributed by atoms with Crippen LogP contribution in [0.2, 0.25) is 0 Å². The number of benzene rings is 1. The van der Waals surface area contributed by atoms with Gasteiger partial charge in [-0.1, -0.05) is 12.1 Å². The standard InChI is InChI=1S/C18H14N6O3/c1-11-4-2-5-12-15(11)22-14(23-17(12)25)8-27-18(26)13-6-3-7-20-16(13)24-10-19-9-21-24/h2-7,9-10H,8H2,1H3,(H,22,23,25). The lowest BCUT2D eigenvalue weighted by Crippen LogP contribution is -2.16. The second-order valence-electron chi connectivity index (χ2n) is 5.77. The molecular formula is C18H14N6O3. The van der Waals surface area contributed by atoms with Crippen LogP contribution >= 0.6 is 0 Å². The maximum absolute atomic E-state index is 12.5. The van der Waals surface area contributed by atoms with Gasteiger partial charge >= 0.3 is 5.97 Å². The summed E-state index contributed by atoms with van der Waals surface area (Å²) < 4.78 is 6.69. The average molecular weight is 362 g/mol. The molecule has 9 heteroatoms. The molecular weight excluding hydrogens is 348 g/mol. The van der Waals surface area contributed by atoms with E-state index in [0.717, 1.165) is 5.56 Å². The zero-order valence-electron chi connectivity index (χ0n) is 14.3. The van der Waals surface area contributed by atoms with Crippen LogP contribution in [0.3, 0.4) is 0 Å². The number of para-hydroxylation sites is 1. The molecule has 9 nitrogen and oxygen atoms in total. The predicted molar refractivity (Wildman–Crippen MR) is 95.4 cm³/mol. The van der Waals surface area contributed by atoms with E-state index in [1.165, 1.54) is 17.3 Å². The van der Waals surface area contributed by atoms with Gasteiger partial charge in [-0.3, -0.25) is 4.79 Å². The Morgan fingerprint density at radius 2 is 2.15 bits per heavy atom. The van der Waals surface area contributed by atoms with Gasteiger partial charge in [0.1, 0.15) is 30.6 Å². The van der Waals surface area contributed by atoms with E-state index in [9.17, 15) is 9.59 Å². The highest BCUT2D eigenvalue weighted by atomic mass is 16.5. The van der Waals surface area contributed by atoms with Crippen LogP contribution in [0.15, 0.2) is 54.0 Å². The average Bonchev–Trinajstić information content (AvgIpc) is 3.22. The molecule has 27 heavy (non-hydrogen) atoms. The van der Waals surface area contributed by atoms with E-state index in [2.05, 4.69) is 25.0 Å². The highest BCUT2D eigenvalue weighted by Crippen LogP contribution is 2.14. The first-order valence-corrected chi connectivity index (χ1v) is 8.09. The fourth-order valence-corrected chi connectivity index (χ4v) is 2.69. The molecule has 0 bridgehead atoms. The Bertz CT molecular complexity index is 1180. The maximum Gasteiger partial charge on any atom is 0.342 e. The summed E-state index contributed by atoms with van der Waals surface area (Å²) in [4.78, 5) is 39.8. The number of hydrogen-bond donors (Lipinski definition) is 1. The summed E-state index contributed by atoms with van der Waals surface area (Å²) >= 11 is 0. The topological polar surface area (TPSA) is 116 Å². The lowest BCUT2D eigenvalue weighted by Gasteiger charge is -2.09. The number of carbonyl (C=O) groups is 1. The minimum atomic E-state index is -0.610. The molecule has 4 rings (SSSR count). The molecule has 1 N–H and O–H groups in total. The van der Waals surface area contributed by atoms with Gasteiger partial charge in [0.2, 0.25) is 0 Å². The van der Waals surface area contributed by atoms with Crippen LogP contribution in [0.5, 0.6) is 0 Å². The van der Waals surface area contributed by atoms with Crippen molar-refractivity contribution in [3.63, 3.8) is 0 Å². The summed E-state index contributed by atoms with van der Waals surface area (Å²) in [6.07, 6.45) is 4.32. The van der Waals surface area contributed by atoms with Crippen molar-refractivity contribution in [2.75, 3.05) is 0 Å². The third kappa shape index (κ3) is 3.17. The van der Waals surface area contributed by atoms with E-state index in [1.807, 2.05) is 13.0 Å². The van der Waals surface area contributed by atoms with Gasteiger partial charge in [0, 0.05) is 6.20 Å². The van der Waals surface area contributed by atoms with Gasteiger partial charge in [-0.25, -0.2) is 24.4 Å². The summed E-state index contributed by atoms with van der Waals surface area (Å²) in [6, 6.07) is 8.56. The molecule has 0 saturated carbocycles. The zero-order valence-corrected chi connectivity index (χ0v) is 14.3. The molecule has 0 radical (unpaired) electrons. The van der Waals surface area contributed by atoms with Crippen LogP contribution in [-0.4, -0.2) is 35.7 Å². The number of ether oxygens (including phenoxy) is 1. The smallest absolute Gasteiger partial charge is 0.342 e. The fraction of sp³-hybridized carbons (Fsp3) is 0.111. The summed E-state index contributed by atoms with van der Waals surface area (Å²) in [5, 5.41) is 4.47. The zero-order chi connectivity index (χ0) is 18.8. The molecule has 134 valence electrons. The number of carbonyl (C=O) groups excluding carboxylic acids is 1. The van der Waals surface area contributed by atoms with Gasteiger partial charge in [-0.2, -0.15) is 5.10 Å². The minimum Gasteiger partial charge on any atom is -0.454 e. The van der Waals surface area contributed by atoms with Crippen LogP contribution in [0.1, 0.15) is 21.7 Å². The Hall–Kier alpha value is -3.88. The number of nitrogens with one attached hydrogen (secondary N) is 1. The number of nitrogens with zero attached hydrogens (tertiary/aromatic N) is 5. The van der Waals surface area contributed by atoms with E-state index >= 15 is 0 Å². The predicted octanol–water partition coefficient (Wildman–Crippen LogP) is 1.56.